The lowest BCUT2D eigenvalue weighted by atomic mass is 10.2. The van der Waals surface area contributed by atoms with E-state index in [2.05, 4.69) is 26.6 Å². The summed E-state index contributed by atoms with van der Waals surface area (Å²) in [5.41, 5.74) is 1.71. The zero-order chi connectivity index (χ0) is 17.7. The van der Waals surface area contributed by atoms with Crippen LogP contribution in [0.25, 0.3) is 0 Å². The zero-order valence-electron chi connectivity index (χ0n) is 14.3. The molecule has 3 atom stereocenters. The van der Waals surface area contributed by atoms with Crippen LogP contribution in [0, 0.1) is 6.92 Å². The van der Waals surface area contributed by atoms with E-state index < -0.39 is 0 Å². The second-order valence-electron chi connectivity index (χ2n) is 6.38. The Hall–Kier alpha value is -1.44. The first kappa shape index (κ1) is 18.9. The summed E-state index contributed by atoms with van der Waals surface area (Å²) < 4.78 is 6.62. The summed E-state index contributed by atoms with van der Waals surface area (Å²) in [6.45, 7) is 7.90. The van der Waals surface area contributed by atoms with E-state index in [9.17, 15) is 9.59 Å². The highest BCUT2D eigenvalue weighted by Gasteiger charge is 2.27. The van der Waals surface area contributed by atoms with E-state index in [0.717, 1.165) is 28.8 Å². The highest BCUT2D eigenvalue weighted by molar-refractivity contribution is 9.10. The van der Waals surface area contributed by atoms with Crippen molar-refractivity contribution in [3.05, 3.63) is 28.2 Å². The van der Waals surface area contributed by atoms with Gasteiger partial charge >= 0.3 is 0 Å². The number of nitrogens with one attached hydrogen (secondary N) is 3. The van der Waals surface area contributed by atoms with Gasteiger partial charge in [0.15, 0.2) is 6.54 Å². The smallest absolute Gasteiger partial charge is 0.275 e. The van der Waals surface area contributed by atoms with Crippen LogP contribution in [-0.2, 0) is 14.3 Å². The third-order valence-electron chi connectivity index (χ3n) is 3.94. The van der Waals surface area contributed by atoms with Gasteiger partial charge in [-0.25, -0.2) is 0 Å². The molecule has 1 aromatic carbocycles. The number of hydrogen-bond donors (Lipinski definition) is 3. The summed E-state index contributed by atoms with van der Waals surface area (Å²) in [5.74, 6) is -0.346. The highest BCUT2D eigenvalue weighted by Crippen LogP contribution is 2.19. The van der Waals surface area contributed by atoms with Crippen molar-refractivity contribution in [2.24, 2.45) is 0 Å². The Bertz CT molecular complexity index is 599. The molecule has 0 bridgehead atoms. The first-order valence-electron chi connectivity index (χ1n) is 8.15. The number of carbonyl (C=O) groups is 2. The van der Waals surface area contributed by atoms with Gasteiger partial charge in [-0.15, -0.1) is 0 Å². The van der Waals surface area contributed by atoms with Crippen LogP contribution >= 0.6 is 15.9 Å². The summed E-state index contributed by atoms with van der Waals surface area (Å²) in [6, 6.07) is 5.63. The van der Waals surface area contributed by atoms with E-state index >= 15 is 0 Å². The van der Waals surface area contributed by atoms with Gasteiger partial charge in [0.25, 0.3) is 5.91 Å². The Balaban J connectivity index is 1.76. The van der Waals surface area contributed by atoms with E-state index in [-0.39, 0.29) is 30.6 Å². The molecule has 1 saturated heterocycles. The SMILES string of the molecule is Cc1cc(Br)ccc1NC(=O)CNC(=O)C[NH+]1C[C@@H](C)O[C@@H](C)C1. The van der Waals surface area contributed by atoms with E-state index in [4.69, 9.17) is 4.74 Å². The second-order valence-corrected chi connectivity index (χ2v) is 7.29. The van der Waals surface area contributed by atoms with Gasteiger partial charge in [0.1, 0.15) is 25.3 Å². The Kier molecular flexibility index (Phi) is 6.77. The van der Waals surface area contributed by atoms with Gasteiger partial charge in [-0.3, -0.25) is 9.59 Å². The quantitative estimate of drug-likeness (QED) is 0.676. The molecule has 2 rings (SSSR count). The molecule has 0 aliphatic carbocycles. The fraction of sp³-hybridized carbons (Fsp3) is 0.529. The molecule has 1 unspecified atom stereocenters. The average molecular weight is 399 g/mol. The fourth-order valence-corrected chi connectivity index (χ4v) is 3.44. The maximum Gasteiger partial charge on any atom is 0.275 e. The van der Waals surface area contributed by atoms with Crippen molar-refractivity contribution in [2.75, 3.05) is 31.5 Å². The van der Waals surface area contributed by atoms with Crippen molar-refractivity contribution in [3.63, 3.8) is 0 Å². The van der Waals surface area contributed by atoms with Crippen LogP contribution in [0.4, 0.5) is 5.69 Å². The van der Waals surface area contributed by atoms with Gasteiger partial charge in [0.05, 0.1) is 6.54 Å². The Morgan fingerprint density at radius 1 is 1.25 bits per heavy atom. The van der Waals surface area contributed by atoms with Crippen LogP contribution in [0.5, 0.6) is 0 Å². The molecule has 6 nitrogen and oxygen atoms in total. The molecule has 2 amide bonds. The van der Waals surface area contributed by atoms with Crippen LogP contribution in [-0.4, -0.2) is 50.2 Å². The number of hydrogen-bond acceptors (Lipinski definition) is 3. The van der Waals surface area contributed by atoms with Crippen molar-refractivity contribution < 1.29 is 19.2 Å². The monoisotopic (exact) mass is 398 g/mol. The molecule has 1 fully saturated rings. The van der Waals surface area contributed by atoms with Crippen LogP contribution in [0.2, 0.25) is 0 Å². The molecule has 1 aromatic rings. The molecule has 7 heteroatoms. The van der Waals surface area contributed by atoms with Gasteiger partial charge < -0.3 is 20.3 Å². The summed E-state index contributed by atoms with van der Waals surface area (Å²) in [5, 5.41) is 5.50. The minimum absolute atomic E-state index is 0.0246. The maximum atomic E-state index is 12.0. The standard InChI is InChI=1S/C17H24BrN3O3/c1-11-6-14(18)4-5-15(11)20-16(22)7-19-17(23)10-21-8-12(2)24-13(3)9-21/h4-6,12-13H,7-10H2,1-3H3,(H,19,23)(H,20,22)/p+1/t12-,13+. The number of carbonyl (C=O) groups excluding carboxylic acids is 2. The number of aryl methyl sites for hydroxylation is 1. The lowest BCUT2D eigenvalue weighted by Crippen LogP contribution is -3.16. The molecule has 1 heterocycles. The van der Waals surface area contributed by atoms with E-state index in [1.165, 1.54) is 4.90 Å². The molecule has 0 radical (unpaired) electrons. The lowest BCUT2D eigenvalue weighted by molar-refractivity contribution is -0.907. The molecule has 3 N–H and O–H groups in total. The molecular formula is C17H25BrN3O3+. The summed E-state index contributed by atoms with van der Waals surface area (Å²) >= 11 is 3.39. The Morgan fingerprint density at radius 2 is 1.92 bits per heavy atom. The van der Waals surface area contributed by atoms with Crippen molar-refractivity contribution in [1.82, 2.24) is 5.32 Å². The number of rotatable bonds is 5. The van der Waals surface area contributed by atoms with Gasteiger partial charge in [0.2, 0.25) is 5.91 Å². The summed E-state index contributed by atoms with van der Waals surface area (Å²) in [6.07, 6.45) is 0.306. The van der Waals surface area contributed by atoms with Gasteiger partial charge in [-0.05, 0) is 44.5 Å². The number of amides is 2. The predicted molar refractivity (Wildman–Crippen MR) is 96.1 cm³/mol. The number of morpholine rings is 1. The molecule has 0 aromatic heterocycles. The number of benzene rings is 1. The van der Waals surface area contributed by atoms with Crippen LogP contribution in [0.1, 0.15) is 19.4 Å². The Labute approximate surface area is 151 Å². The third-order valence-corrected chi connectivity index (χ3v) is 4.43. The number of halogens is 1. The first-order chi connectivity index (χ1) is 11.3. The molecule has 0 saturated carbocycles. The normalized spacial score (nSPS) is 23.6. The van der Waals surface area contributed by atoms with E-state index in [1.807, 2.05) is 39.0 Å². The van der Waals surface area contributed by atoms with Crippen LogP contribution in [0.3, 0.4) is 0 Å². The van der Waals surface area contributed by atoms with Gasteiger partial charge in [-0.1, -0.05) is 15.9 Å². The lowest BCUT2D eigenvalue weighted by Gasteiger charge is -2.31. The zero-order valence-corrected chi connectivity index (χ0v) is 15.9. The third kappa shape index (κ3) is 5.89. The molecule has 24 heavy (non-hydrogen) atoms. The van der Waals surface area contributed by atoms with Gasteiger partial charge in [0, 0.05) is 10.2 Å². The van der Waals surface area contributed by atoms with E-state index in [0.29, 0.717) is 6.54 Å². The molecule has 1 aliphatic rings. The van der Waals surface area contributed by atoms with E-state index in [1.54, 1.807) is 0 Å². The summed E-state index contributed by atoms with van der Waals surface area (Å²) in [4.78, 5) is 25.2. The fourth-order valence-electron chi connectivity index (χ4n) is 2.96. The molecule has 0 spiro atoms. The minimum atomic E-state index is -0.229. The first-order valence-corrected chi connectivity index (χ1v) is 8.94. The van der Waals surface area contributed by atoms with Crippen molar-refractivity contribution in [3.8, 4) is 0 Å². The van der Waals surface area contributed by atoms with Crippen LogP contribution < -0.4 is 15.5 Å². The predicted octanol–water partition coefficient (Wildman–Crippen LogP) is 0.504. The van der Waals surface area contributed by atoms with Crippen molar-refractivity contribution in [2.45, 2.75) is 33.0 Å². The van der Waals surface area contributed by atoms with Crippen LogP contribution in [0.15, 0.2) is 22.7 Å². The van der Waals surface area contributed by atoms with Gasteiger partial charge in [-0.2, -0.15) is 0 Å². The number of anilines is 1. The molecule has 132 valence electrons. The number of quaternary nitrogens is 1. The number of ether oxygens (including phenoxy) is 1. The maximum absolute atomic E-state index is 12.0. The molecular weight excluding hydrogens is 374 g/mol. The molecule has 1 aliphatic heterocycles. The minimum Gasteiger partial charge on any atom is -0.364 e. The topological polar surface area (TPSA) is 71.9 Å². The Morgan fingerprint density at radius 3 is 2.54 bits per heavy atom. The largest absolute Gasteiger partial charge is 0.364 e. The van der Waals surface area contributed by atoms with Crippen molar-refractivity contribution in [1.29, 1.82) is 0 Å². The van der Waals surface area contributed by atoms with Crippen molar-refractivity contribution >= 4 is 33.4 Å². The highest BCUT2D eigenvalue weighted by atomic mass is 79.9. The second kappa shape index (κ2) is 8.60. The average Bonchev–Trinajstić information content (AvgIpc) is 2.47. The summed E-state index contributed by atoms with van der Waals surface area (Å²) in [7, 11) is 0.